The monoisotopic (exact) mass is 341 g/mol. The summed E-state index contributed by atoms with van der Waals surface area (Å²) in [6.07, 6.45) is 1.47. The van der Waals surface area contributed by atoms with Gasteiger partial charge in [-0.25, -0.2) is 12.8 Å². The highest BCUT2D eigenvalue weighted by Gasteiger charge is 2.20. The Kier molecular flexibility index (Phi) is 5.67. The van der Waals surface area contributed by atoms with Crippen LogP contribution in [0, 0.1) is 12.7 Å². The maximum absolute atomic E-state index is 13.7. The minimum atomic E-state index is -4.06. The molecule has 0 bridgehead atoms. The third-order valence-corrected chi connectivity index (χ3v) is 4.69. The van der Waals surface area contributed by atoms with Gasteiger partial charge in [0.1, 0.15) is 5.82 Å². The Morgan fingerprint density at radius 2 is 2.05 bits per heavy atom. The minimum absolute atomic E-state index is 0.0955. The number of hydrogen-bond acceptors (Lipinski definition) is 4. The summed E-state index contributed by atoms with van der Waals surface area (Å²) in [7, 11) is 0.0620. The van der Waals surface area contributed by atoms with Crippen molar-refractivity contribution in [2.45, 2.75) is 11.8 Å². The van der Waals surface area contributed by atoms with Crippen LogP contribution in [0.1, 0.15) is 15.9 Å². The molecule has 0 saturated carbocycles. The zero-order chi connectivity index (χ0) is 15.5. The van der Waals surface area contributed by atoms with E-state index in [1.54, 1.807) is 0 Å². The van der Waals surface area contributed by atoms with Gasteiger partial charge in [0, 0.05) is 40.0 Å². The summed E-state index contributed by atoms with van der Waals surface area (Å²) in [6, 6.07) is 1.83. The Morgan fingerprint density at radius 1 is 1.45 bits per heavy atom. The first-order valence-corrected chi connectivity index (χ1v) is 9.49. The van der Waals surface area contributed by atoms with Crippen LogP contribution in [0.25, 0.3) is 0 Å². The SMILES string of the molecule is Cc1cc(F)c(C(=O)NCCS(C)=O)cc1S(=O)(=O)Cl. The first kappa shape index (κ1) is 17.1. The van der Waals surface area contributed by atoms with Crippen LogP contribution >= 0.6 is 10.7 Å². The summed E-state index contributed by atoms with van der Waals surface area (Å²) in [4.78, 5) is 11.4. The molecule has 0 aliphatic rings. The Labute approximate surface area is 123 Å². The first-order valence-electron chi connectivity index (χ1n) is 5.46. The van der Waals surface area contributed by atoms with Crippen molar-refractivity contribution < 1.29 is 21.8 Å². The number of carbonyl (C=O) groups excluding carboxylic acids is 1. The van der Waals surface area contributed by atoms with Gasteiger partial charge in [-0.3, -0.25) is 9.00 Å². The van der Waals surface area contributed by atoms with Crippen LogP contribution in [-0.2, 0) is 19.9 Å². The van der Waals surface area contributed by atoms with Gasteiger partial charge in [0.05, 0.1) is 10.5 Å². The summed E-state index contributed by atoms with van der Waals surface area (Å²) < 4.78 is 47.2. The predicted molar refractivity (Wildman–Crippen MR) is 75.4 cm³/mol. The average Bonchev–Trinajstić information content (AvgIpc) is 2.26. The summed E-state index contributed by atoms with van der Waals surface area (Å²) >= 11 is 0. The number of benzene rings is 1. The normalized spacial score (nSPS) is 13.0. The number of carbonyl (C=O) groups is 1. The molecule has 0 heterocycles. The molecule has 0 saturated heterocycles. The van der Waals surface area contributed by atoms with Crippen molar-refractivity contribution in [1.82, 2.24) is 5.32 Å². The van der Waals surface area contributed by atoms with Gasteiger partial charge in [-0.15, -0.1) is 0 Å². The molecule has 9 heteroatoms. The van der Waals surface area contributed by atoms with Crippen molar-refractivity contribution in [2.75, 3.05) is 18.6 Å². The van der Waals surface area contributed by atoms with Crippen LogP contribution in [-0.4, -0.2) is 37.1 Å². The van der Waals surface area contributed by atoms with Crippen LogP contribution in [0.2, 0.25) is 0 Å². The average molecular weight is 342 g/mol. The van der Waals surface area contributed by atoms with E-state index in [1.807, 2.05) is 0 Å². The van der Waals surface area contributed by atoms with Crippen LogP contribution in [0.15, 0.2) is 17.0 Å². The molecule has 0 aromatic heterocycles. The molecule has 0 aliphatic carbocycles. The lowest BCUT2D eigenvalue weighted by Crippen LogP contribution is -2.28. The van der Waals surface area contributed by atoms with E-state index in [0.717, 1.165) is 12.1 Å². The van der Waals surface area contributed by atoms with Gasteiger partial charge in [0.15, 0.2) is 0 Å². The zero-order valence-electron chi connectivity index (χ0n) is 10.8. The van der Waals surface area contributed by atoms with Crippen molar-refractivity contribution in [2.24, 2.45) is 0 Å². The maximum Gasteiger partial charge on any atom is 0.261 e. The van der Waals surface area contributed by atoms with Gasteiger partial charge in [-0.05, 0) is 24.6 Å². The van der Waals surface area contributed by atoms with Crippen molar-refractivity contribution >= 4 is 36.4 Å². The molecule has 1 atom stereocenters. The van der Waals surface area contributed by atoms with Crippen molar-refractivity contribution in [3.8, 4) is 0 Å². The molecule has 0 aliphatic heterocycles. The Morgan fingerprint density at radius 3 is 2.55 bits per heavy atom. The number of rotatable bonds is 5. The third kappa shape index (κ3) is 4.53. The lowest BCUT2D eigenvalue weighted by atomic mass is 10.1. The summed E-state index contributed by atoms with van der Waals surface area (Å²) in [6.45, 7) is 1.47. The number of aryl methyl sites for hydroxylation is 1. The fraction of sp³-hybridized carbons (Fsp3) is 0.364. The van der Waals surface area contributed by atoms with E-state index in [1.165, 1.54) is 13.2 Å². The van der Waals surface area contributed by atoms with Gasteiger partial charge < -0.3 is 5.32 Å². The largest absolute Gasteiger partial charge is 0.351 e. The topological polar surface area (TPSA) is 80.3 Å². The molecule has 5 nitrogen and oxygen atoms in total. The van der Waals surface area contributed by atoms with Gasteiger partial charge >= 0.3 is 0 Å². The number of hydrogen-bond donors (Lipinski definition) is 1. The molecule has 1 aromatic rings. The van der Waals surface area contributed by atoms with Crippen LogP contribution in [0.3, 0.4) is 0 Å². The molecule has 0 fully saturated rings. The molecule has 112 valence electrons. The fourth-order valence-corrected chi connectivity index (χ4v) is 3.08. The van der Waals surface area contributed by atoms with Crippen LogP contribution in [0.4, 0.5) is 4.39 Å². The highest BCUT2D eigenvalue weighted by atomic mass is 35.7. The van der Waals surface area contributed by atoms with Crippen LogP contribution < -0.4 is 5.32 Å². The molecule has 1 amide bonds. The lowest BCUT2D eigenvalue weighted by Gasteiger charge is -2.08. The van der Waals surface area contributed by atoms with Gasteiger partial charge in [-0.1, -0.05) is 0 Å². The number of nitrogens with one attached hydrogen (secondary N) is 1. The van der Waals surface area contributed by atoms with E-state index in [9.17, 15) is 21.8 Å². The van der Waals surface area contributed by atoms with Crippen molar-refractivity contribution in [1.29, 1.82) is 0 Å². The molecular weight excluding hydrogens is 329 g/mol. The Bertz CT molecular complexity index is 661. The second kappa shape index (κ2) is 6.64. The summed E-state index contributed by atoms with van der Waals surface area (Å²) in [5.74, 6) is -1.41. The van der Waals surface area contributed by atoms with Crippen molar-refractivity contribution in [3.63, 3.8) is 0 Å². The second-order valence-electron chi connectivity index (χ2n) is 4.07. The predicted octanol–water partition coefficient (Wildman–Crippen LogP) is 1.17. The maximum atomic E-state index is 13.7. The van der Waals surface area contributed by atoms with E-state index in [2.05, 4.69) is 5.32 Å². The third-order valence-electron chi connectivity index (χ3n) is 2.45. The Hall–Kier alpha value is -0.990. The van der Waals surface area contributed by atoms with E-state index < -0.39 is 37.1 Å². The van der Waals surface area contributed by atoms with E-state index >= 15 is 0 Å². The Balaban J connectivity index is 3.06. The van der Waals surface area contributed by atoms with Crippen molar-refractivity contribution in [3.05, 3.63) is 29.1 Å². The van der Waals surface area contributed by atoms with Gasteiger partial charge in [-0.2, -0.15) is 0 Å². The molecule has 1 aromatic carbocycles. The molecule has 20 heavy (non-hydrogen) atoms. The fourth-order valence-electron chi connectivity index (χ4n) is 1.49. The quantitative estimate of drug-likeness (QED) is 0.815. The molecule has 0 spiro atoms. The number of amides is 1. The molecule has 1 rings (SSSR count). The standard InChI is InChI=1S/C11H13ClFNO4S2/c1-7-5-9(13)8(6-10(7)20(12,17)18)11(15)14-3-4-19(2)16/h5-6H,3-4H2,1-2H3,(H,14,15). The van der Waals surface area contributed by atoms with E-state index in [-0.39, 0.29) is 22.8 Å². The number of halogens is 2. The second-order valence-corrected chi connectivity index (χ2v) is 8.16. The summed E-state index contributed by atoms with van der Waals surface area (Å²) in [5, 5.41) is 2.36. The van der Waals surface area contributed by atoms with E-state index in [4.69, 9.17) is 10.7 Å². The molecular formula is C11H13ClFNO4S2. The smallest absolute Gasteiger partial charge is 0.261 e. The minimum Gasteiger partial charge on any atom is -0.351 e. The van der Waals surface area contributed by atoms with E-state index in [0.29, 0.717) is 0 Å². The molecule has 1 N–H and O–H groups in total. The van der Waals surface area contributed by atoms with Gasteiger partial charge in [0.25, 0.3) is 15.0 Å². The highest BCUT2D eigenvalue weighted by Crippen LogP contribution is 2.23. The zero-order valence-corrected chi connectivity index (χ0v) is 13.2. The summed E-state index contributed by atoms with van der Waals surface area (Å²) in [5.41, 5.74) is -0.305. The first-order chi connectivity index (χ1) is 9.12. The lowest BCUT2D eigenvalue weighted by molar-refractivity contribution is 0.0952. The molecule has 1 unspecified atom stereocenters. The van der Waals surface area contributed by atoms with Gasteiger partial charge in [0.2, 0.25) is 0 Å². The molecule has 0 radical (unpaired) electrons. The van der Waals surface area contributed by atoms with Crippen LogP contribution in [0.5, 0.6) is 0 Å². The highest BCUT2D eigenvalue weighted by molar-refractivity contribution is 8.13.